The van der Waals surface area contributed by atoms with Crippen LogP contribution in [0.5, 0.6) is 0 Å². The highest BCUT2D eigenvalue weighted by Crippen LogP contribution is 2.20. The minimum Gasteiger partial charge on any atom is -0.744 e. The summed E-state index contributed by atoms with van der Waals surface area (Å²) in [6.45, 7) is 6.97. The van der Waals surface area contributed by atoms with Crippen LogP contribution in [0.15, 0.2) is 29.4 Å². The van der Waals surface area contributed by atoms with Gasteiger partial charge >= 0.3 is 6.33 Å². The third-order valence-electron chi connectivity index (χ3n) is 2.82. The van der Waals surface area contributed by atoms with Crippen molar-refractivity contribution in [1.82, 2.24) is 4.98 Å². The van der Waals surface area contributed by atoms with Crippen LogP contribution < -0.4 is 10.5 Å². The number of benzene rings is 1. The maximum absolute atomic E-state index is 10.8. The van der Waals surface area contributed by atoms with Gasteiger partial charge in [0.25, 0.3) is 0 Å². The van der Waals surface area contributed by atoms with Gasteiger partial charge in [0.1, 0.15) is 10.1 Å². The lowest BCUT2D eigenvalue weighted by atomic mass is 10.1. The number of nitrogens with zero attached hydrogens (tertiary/aromatic N) is 2. The average Bonchev–Trinajstić information content (AvgIpc) is 2.31. The first-order chi connectivity index (χ1) is 10.0. The smallest absolute Gasteiger partial charge is 0.310 e. The minimum atomic E-state index is -4.33. The van der Waals surface area contributed by atoms with E-state index in [1.54, 1.807) is 32.0 Å². The van der Waals surface area contributed by atoms with Gasteiger partial charge in [-0.2, -0.15) is 0 Å². The fraction of sp³-hybridized carbons (Fsp3) is 0.286. The average molecular weight is 344 g/mol. The summed E-state index contributed by atoms with van der Waals surface area (Å²) in [6, 6.07) is 5.08. The molecule has 120 valence electrons. The molecule has 0 fully saturated rings. The van der Waals surface area contributed by atoms with Crippen molar-refractivity contribution in [2.45, 2.75) is 32.6 Å². The Kier molecular flexibility index (Phi) is 5.87. The predicted molar refractivity (Wildman–Crippen MR) is 82.9 cm³/mol. The van der Waals surface area contributed by atoms with E-state index in [-0.39, 0.29) is 4.90 Å². The van der Waals surface area contributed by atoms with Crippen LogP contribution in [-0.2, 0) is 10.1 Å². The Labute approximate surface area is 135 Å². The van der Waals surface area contributed by atoms with Gasteiger partial charge in [0.2, 0.25) is 5.15 Å². The molecule has 8 heteroatoms. The molecule has 6 nitrogen and oxygen atoms in total. The summed E-state index contributed by atoms with van der Waals surface area (Å²) in [6.07, 6.45) is 1.47. The molecule has 0 saturated heterocycles. The number of aromatic nitrogens is 2. The standard InChI is InChI=1S/C9H12O3S.C5H7ClN3/c1-6-4-7(2)9(8(3)5-6)13(10,11)12;1-4-2-5(6)9(7)3-8-4/h4-5H,1-3H3,(H,10,11,12);2-3H,7H2,1H3/q;+1/p-1. The van der Waals surface area contributed by atoms with Gasteiger partial charge < -0.3 is 4.55 Å². The van der Waals surface area contributed by atoms with Crippen LogP contribution in [0.4, 0.5) is 0 Å². The van der Waals surface area contributed by atoms with Gasteiger partial charge in [-0.25, -0.2) is 8.42 Å². The molecule has 1 heterocycles. The molecule has 0 unspecified atom stereocenters. The molecule has 0 amide bonds. The van der Waals surface area contributed by atoms with Gasteiger partial charge in [0.05, 0.1) is 4.90 Å². The largest absolute Gasteiger partial charge is 0.744 e. The molecule has 2 rings (SSSR count). The summed E-state index contributed by atoms with van der Waals surface area (Å²) in [4.78, 5) is 3.81. The van der Waals surface area contributed by atoms with Crippen molar-refractivity contribution in [3.8, 4) is 0 Å². The first kappa shape index (κ1) is 18.3. The summed E-state index contributed by atoms with van der Waals surface area (Å²) in [5, 5.41) is 0.488. The zero-order valence-electron chi connectivity index (χ0n) is 12.8. The van der Waals surface area contributed by atoms with Crippen molar-refractivity contribution in [3.63, 3.8) is 0 Å². The molecule has 1 aromatic carbocycles. The molecule has 0 saturated carbocycles. The van der Waals surface area contributed by atoms with Gasteiger partial charge in [0, 0.05) is 13.0 Å². The van der Waals surface area contributed by atoms with Crippen LogP contribution in [0, 0.1) is 27.7 Å². The lowest BCUT2D eigenvalue weighted by Gasteiger charge is -2.14. The molecule has 2 N–H and O–H groups in total. The molecule has 0 aliphatic heterocycles. The number of rotatable bonds is 1. The zero-order chi connectivity index (χ0) is 17.1. The van der Waals surface area contributed by atoms with Gasteiger partial charge in [0.15, 0.2) is 5.69 Å². The van der Waals surface area contributed by atoms with Crippen LogP contribution in [0.2, 0.25) is 5.15 Å². The Bertz CT molecular complexity index is 769. The Morgan fingerprint density at radius 3 is 2.00 bits per heavy atom. The van der Waals surface area contributed by atoms with E-state index < -0.39 is 10.1 Å². The topological polar surface area (TPSA) is 100.0 Å². The Morgan fingerprint density at radius 1 is 1.14 bits per heavy atom. The van der Waals surface area contributed by atoms with E-state index in [0.717, 1.165) is 11.3 Å². The van der Waals surface area contributed by atoms with Gasteiger partial charge in [-0.3, -0.25) is 5.84 Å². The fourth-order valence-electron chi connectivity index (χ4n) is 2.05. The highest BCUT2D eigenvalue weighted by molar-refractivity contribution is 7.85. The van der Waals surface area contributed by atoms with Crippen molar-refractivity contribution >= 4 is 21.7 Å². The van der Waals surface area contributed by atoms with Crippen molar-refractivity contribution in [2.75, 3.05) is 5.84 Å². The number of nitrogen functional groups attached to an aromatic ring is 1. The second-order valence-electron chi connectivity index (χ2n) is 4.94. The van der Waals surface area contributed by atoms with E-state index in [1.165, 1.54) is 11.0 Å². The third-order valence-corrected chi connectivity index (χ3v) is 4.26. The fourth-order valence-corrected chi connectivity index (χ4v) is 3.16. The number of halogens is 1. The Balaban J connectivity index is 0.000000235. The normalized spacial score (nSPS) is 10.8. The maximum Gasteiger partial charge on any atom is 0.310 e. The second kappa shape index (κ2) is 7.04. The molecule has 0 aliphatic carbocycles. The summed E-state index contributed by atoms with van der Waals surface area (Å²) >= 11 is 5.61. The van der Waals surface area contributed by atoms with E-state index in [0.29, 0.717) is 16.3 Å². The van der Waals surface area contributed by atoms with Gasteiger partial charge in [-0.15, -0.1) is 4.68 Å². The van der Waals surface area contributed by atoms with Crippen LogP contribution in [0.3, 0.4) is 0 Å². The molecule has 1 aromatic heterocycles. The summed E-state index contributed by atoms with van der Waals surface area (Å²) in [5.41, 5.74) is 2.86. The van der Waals surface area contributed by atoms with E-state index >= 15 is 0 Å². The lowest BCUT2D eigenvalue weighted by Crippen LogP contribution is -2.45. The van der Waals surface area contributed by atoms with Crippen molar-refractivity contribution < 1.29 is 17.6 Å². The number of aryl methyl sites for hydroxylation is 4. The van der Waals surface area contributed by atoms with Crippen LogP contribution >= 0.6 is 11.6 Å². The number of hydrogen-bond acceptors (Lipinski definition) is 5. The van der Waals surface area contributed by atoms with Crippen LogP contribution in [-0.4, -0.2) is 18.0 Å². The van der Waals surface area contributed by atoms with Gasteiger partial charge in [-0.05, 0) is 43.5 Å². The molecule has 0 bridgehead atoms. The van der Waals surface area contributed by atoms with Crippen molar-refractivity contribution in [1.29, 1.82) is 0 Å². The molecule has 0 radical (unpaired) electrons. The molecular formula is C14H18ClN3O3S. The summed E-state index contributed by atoms with van der Waals surface area (Å²) < 4.78 is 33.7. The molecule has 2 aromatic rings. The molecule has 0 atom stereocenters. The zero-order valence-corrected chi connectivity index (χ0v) is 14.4. The highest BCUT2D eigenvalue weighted by Gasteiger charge is 2.09. The highest BCUT2D eigenvalue weighted by atomic mass is 35.5. The van der Waals surface area contributed by atoms with E-state index in [4.69, 9.17) is 17.4 Å². The second-order valence-corrected chi connectivity index (χ2v) is 6.65. The van der Waals surface area contributed by atoms with E-state index in [1.807, 2.05) is 13.8 Å². The molecule has 22 heavy (non-hydrogen) atoms. The van der Waals surface area contributed by atoms with E-state index in [2.05, 4.69) is 4.98 Å². The summed E-state index contributed by atoms with van der Waals surface area (Å²) in [7, 11) is -4.33. The third kappa shape index (κ3) is 4.94. The molecule has 0 aliphatic rings. The quantitative estimate of drug-likeness (QED) is 0.366. The Morgan fingerprint density at radius 2 is 1.64 bits per heavy atom. The molecule has 0 spiro atoms. The number of hydrogen-bond donors (Lipinski definition) is 1. The van der Waals surface area contributed by atoms with Crippen molar-refractivity contribution in [2.24, 2.45) is 0 Å². The lowest BCUT2D eigenvalue weighted by molar-refractivity contribution is -0.639. The minimum absolute atomic E-state index is 0.0851. The van der Waals surface area contributed by atoms with Crippen LogP contribution in [0.1, 0.15) is 22.4 Å². The monoisotopic (exact) mass is 343 g/mol. The van der Waals surface area contributed by atoms with Crippen LogP contribution in [0.25, 0.3) is 0 Å². The molecular weight excluding hydrogens is 326 g/mol. The maximum atomic E-state index is 10.8. The Hall–Kier alpha value is -1.70. The summed E-state index contributed by atoms with van der Waals surface area (Å²) in [5.74, 6) is 5.31. The SMILES string of the molecule is Cc1cc(C)c(S(=O)(=O)[O-])c(C)c1.Cc1cc(Cl)[n+](N)cn1. The number of nitrogens with two attached hydrogens (primary N) is 1. The van der Waals surface area contributed by atoms with Crippen molar-refractivity contribution in [3.05, 3.63) is 52.1 Å². The first-order valence-corrected chi connectivity index (χ1v) is 8.13. The van der Waals surface area contributed by atoms with Gasteiger partial charge in [-0.1, -0.05) is 22.7 Å². The predicted octanol–water partition coefficient (Wildman–Crippen LogP) is 1.56. The van der Waals surface area contributed by atoms with E-state index in [9.17, 15) is 13.0 Å². The first-order valence-electron chi connectivity index (χ1n) is 6.35.